The number of carbonyl (C=O) groups is 1. The Morgan fingerprint density at radius 1 is 1.06 bits per heavy atom. The minimum absolute atomic E-state index is 0.0496. The van der Waals surface area contributed by atoms with Crippen molar-refractivity contribution >= 4 is 34.3 Å². The second-order valence-electron chi connectivity index (χ2n) is 7.26. The molecule has 4 N–H and O–H groups in total. The highest BCUT2D eigenvalue weighted by molar-refractivity contribution is 8.09. The maximum Gasteiger partial charge on any atom is 0.250 e. The van der Waals surface area contributed by atoms with Gasteiger partial charge in [-0.2, -0.15) is 10.5 Å². The number of anilines is 1. The highest BCUT2D eigenvalue weighted by Gasteiger charge is 2.34. The van der Waals surface area contributed by atoms with Gasteiger partial charge in [0.05, 0.1) is 25.3 Å². The topological polar surface area (TPSA) is 155 Å². The van der Waals surface area contributed by atoms with Gasteiger partial charge in [0.25, 0.3) is 0 Å². The number of phenols is 2. The van der Waals surface area contributed by atoms with Crippen LogP contribution in [0.4, 0.5) is 5.69 Å². The van der Waals surface area contributed by atoms with Gasteiger partial charge in [0.1, 0.15) is 22.3 Å². The number of nitriles is 2. The van der Waals surface area contributed by atoms with E-state index in [1.54, 1.807) is 24.3 Å². The van der Waals surface area contributed by atoms with Gasteiger partial charge in [-0.3, -0.25) is 9.36 Å². The average molecular weight is 474 g/mol. The predicted molar refractivity (Wildman–Crippen MR) is 126 cm³/mol. The number of fused-ring (bicyclic) bond motifs is 1. The second-order valence-corrected chi connectivity index (χ2v) is 8.37. The van der Waals surface area contributed by atoms with Crippen LogP contribution in [-0.4, -0.2) is 34.9 Å². The number of nitrogens with two attached hydrogens (primary N) is 1. The molecule has 1 atom stereocenters. The number of hydrogen-bond donors (Lipinski definition) is 3. The Hall–Kier alpha value is -4.54. The summed E-state index contributed by atoms with van der Waals surface area (Å²) >= 11 is 1.03. The molecule has 2 heterocycles. The zero-order chi connectivity index (χ0) is 24.6. The van der Waals surface area contributed by atoms with Gasteiger partial charge < -0.3 is 25.4 Å². The highest BCUT2D eigenvalue weighted by Crippen LogP contribution is 2.41. The van der Waals surface area contributed by atoms with Gasteiger partial charge in [-0.1, -0.05) is 23.9 Å². The third-order valence-corrected chi connectivity index (χ3v) is 6.60. The molecule has 170 valence electrons. The smallest absolute Gasteiger partial charge is 0.250 e. The van der Waals surface area contributed by atoms with Crippen molar-refractivity contribution < 1.29 is 24.5 Å². The molecule has 1 unspecified atom stereocenters. The number of hydrogen-bond acceptors (Lipinski definition) is 9. The van der Waals surface area contributed by atoms with Crippen molar-refractivity contribution in [3.63, 3.8) is 0 Å². The molecule has 3 aromatic rings. The first-order valence-corrected chi connectivity index (χ1v) is 10.7. The maximum absolute atomic E-state index is 13.5. The van der Waals surface area contributed by atoms with E-state index in [9.17, 15) is 25.5 Å². The van der Waals surface area contributed by atoms with Crippen LogP contribution in [0.15, 0.2) is 36.4 Å². The first kappa shape index (κ1) is 22.6. The second kappa shape index (κ2) is 8.77. The summed E-state index contributed by atoms with van der Waals surface area (Å²) in [6.45, 7) is 0. The Kier molecular flexibility index (Phi) is 5.84. The summed E-state index contributed by atoms with van der Waals surface area (Å²) in [7, 11) is 2.80. The summed E-state index contributed by atoms with van der Waals surface area (Å²) < 4.78 is 11.4. The molecule has 0 bridgehead atoms. The quantitative estimate of drug-likeness (QED) is 0.515. The van der Waals surface area contributed by atoms with Crippen molar-refractivity contribution in [3.8, 4) is 35.1 Å². The molecule has 2 aromatic carbocycles. The van der Waals surface area contributed by atoms with Gasteiger partial charge >= 0.3 is 0 Å². The zero-order valence-electron chi connectivity index (χ0n) is 18.1. The fourth-order valence-corrected chi connectivity index (χ4v) is 4.84. The Bertz CT molecular complexity index is 1550. The summed E-state index contributed by atoms with van der Waals surface area (Å²) in [4.78, 5) is 13.7. The van der Waals surface area contributed by atoms with Crippen LogP contribution in [0.1, 0.15) is 26.9 Å². The first-order valence-electron chi connectivity index (χ1n) is 9.85. The fraction of sp³-hybridized carbons (Fsp3) is 0.125. The number of rotatable bonds is 4. The summed E-state index contributed by atoms with van der Waals surface area (Å²) in [5.41, 5.74) is 7.32. The molecule has 9 nitrogen and oxygen atoms in total. The lowest BCUT2D eigenvalue weighted by molar-refractivity contribution is 0.0905. The molecule has 34 heavy (non-hydrogen) atoms. The van der Waals surface area contributed by atoms with Crippen LogP contribution >= 0.6 is 11.8 Å². The van der Waals surface area contributed by atoms with Crippen molar-refractivity contribution in [3.05, 3.63) is 63.8 Å². The molecule has 0 fully saturated rings. The lowest BCUT2D eigenvalue weighted by atomic mass is 10.1. The van der Waals surface area contributed by atoms with Crippen LogP contribution in [-0.2, 0) is 0 Å². The number of benzene rings is 2. The van der Waals surface area contributed by atoms with Gasteiger partial charge in [0, 0.05) is 5.22 Å². The van der Waals surface area contributed by atoms with Gasteiger partial charge in [0.2, 0.25) is 5.91 Å². The summed E-state index contributed by atoms with van der Waals surface area (Å²) in [6.07, 6.45) is 1.62. The van der Waals surface area contributed by atoms with Gasteiger partial charge in [-0.05, 0) is 41.5 Å². The van der Waals surface area contributed by atoms with Crippen molar-refractivity contribution in [2.75, 3.05) is 20.0 Å². The van der Waals surface area contributed by atoms with Crippen LogP contribution in [0.25, 0.3) is 11.0 Å². The maximum atomic E-state index is 13.5. The Morgan fingerprint density at radius 2 is 1.71 bits per heavy atom. The standard InChI is InChI=1S/C24H18N4O5S/c1-32-18-8-12(3-5-16(18)29)7-14-21(27)15(10-25)28-22(14)20(11-26)34-23(24(28)31)13-4-6-17(30)19(9-13)33-2/h3-9,23,29-30H,27H2,1-2H3/b14-7+. The minimum atomic E-state index is -0.864. The van der Waals surface area contributed by atoms with Gasteiger partial charge in [-0.15, -0.1) is 0 Å². The van der Waals surface area contributed by atoms with Gasteiger partial charge in [-0.25, -0.2) is 0 Å². The SMILES string of the molecule is COc1cc(/C=c2\c(N)c(C#N)n3c2=C(C#N)SC(c2ccc(O)c(OC)c2)C3=O)ccc1O. The number of nitrogens with zero attached hydrogens (tertiary/aromatic N) is 3. The lowest BCUT2D eigenvalue weighted by Crippen LogP contribution is -2.40. The Labute approximate surface area is 198 Å². The molecule has 1 aliphatic rings. The minimum Gasteiger partial charge on any atom is -0.504 e. The van der Waals surface area contributed by atoms with Crippen LogP contribution < -0.4 is 25.8 Å². The van der Waals surface area contributed by atoms with E-state index in [1.165, 1.54) is 32.4 Å². The van der Waals surface area contributed by atoms with Crippen molar-refractivity contribution in [2.24, 2.45) is 0 Å². The summed E-state index contributed by atoms with van der Waals surface area (Å²) in [5, 5.41) is 39.2. The van der Waals surface area contributed by atoms with Crippen LogP contribution in [0, 0.1) is 22.7 Å². The lowest BCUT2D eigenvalue weighted by Gasteiger charge is -2.21. The molecule has 1 aliphatic heterocycles. The molecular weight excluding hydrogens is 456 g/mol. The molecule has 0 amide bonds. The number of aromatic nitrogens is 1. The van der Waals surface area contributed by atoms with E-state index >= 15 is 0 Å². The van der Waals surface area contributed by atoms with E-state index in [4.69, 9.17) is 15.2 Å². The number of nitrogen functional groups attached to an aromatic ring is 1. The van der Waals surface area contributed by atoms with E-state index < -0.39 is 11.2 Å². The molecule has 4 rings (SSSR count). The molecule has 0 radical (unpaired) electrons. The summed E-state index contributed by atoms with van der Waals surface area (Å²) in [6, 6.07) is 13.2. The van der Waals surface area contributed by atoms with Crippen LogP contribution in [0.3, 0.4) is 0 Å². The first-order chi connectivity index (χ1) is 16.3. The zero-order valence-corrected chi connectivity index (χ0v) is 18.9. The monoisotopic (exact) mass is 474 g/mol. The molecule has 10 heteroatoms. The highest BCUT2D eigenvalue weighted by atomic mass is 32.2. The van der Waals surface area contributed by atoms with E-state index in [0.29, 0.717) is 16.3 Å². The van der Waals surface area contributed by atoms with E-state index in [-0.39, 0.29) is 44.6 Å². The number of phenolic OH excluding ortho intramolecular Hbond substituents is 2. The third kappa shape index (κ3) is 3.56. The van der Waals surface area contributed by atoms with E-state index in [1.807, 2.05) is 6.07 Å². The number of carbonyl (C=O) groups excluding carboxylic acids is 1. The third-order valence-electron chi connectivity index (χ3n) is 5.37. The number of methoxy groups -OCH3 is 2. The van der Waals surface area contributed by atoms with E-state index in [2.05, 4.69) is 6.07 Å². The number of thioether (sulfide) groups is 1. The molecular formula is C24H18N4O5S. The molecule has 0 saturated heterocycles. The van der Waals surface area contributed by atoms with E-state index in [0.717, 1.165) is 16.3 Å². The fourth-order valence-electron chi connectivity index (χ4n) is 3.75. The normalized spacial score (nSPS) is 15.4. The molecule has 1 aromatic heterocycles. The average Bonchev–Trinajstić information content (AvgIpc) is 3.12. The van der Waals surface area contributed by atoms with Crippen molar-refractivity contribution in [1.82, 2.24) is 4.57 Å². The van der Waals surface area contributed by atoms with Crippen molar-refractivity contribution in [1.29, 1.82) is 10.5 Å². The Balaban J connectivity index is 1.98. The molecule has 0 spiro atoms. The molecule has 0 aliphatic carbocycles. The Morgan fingerprint density at radius 3 is 2.32 bits per heavy atom. The number of ether oxygens (including phenoxy) is 2. The van der Waals surface area contributed by atoms with Crippen LogP contribution in [0.5, 0.6) is 23.0 Å². The molecule has 0 saturated carbocycles. The number of aromatic hydroxyl groups is 2. The largest absolute Gasteiger partial charge is 0.504 e. The predicted octanol–water partition coefficient (Wildman–Crippen LogP) is 1.96. The van der Waals surface area contributed by atoms with Gasteiger partial charge in [0.15, 0.2) is 28.7 Å². The van der Waals surface area contributed by atoms with Crippen molar-refractivity contribution in [2.45, 2.75) is 5.25 Å². The van der Waals surface area contributed by atoms with Crippen LogP contribution in [0.2, 0.25) is 0 Å². The summed E-state index contributed by atoms with van der Waals surface area (Å²) in [5.74, 6) is -0.187.